The molecule has 0 aliphatic heterocycles. The van der Waals surface area contributed by atoms with Crippen molar-refractivity contribution in [3.8, 4) is 0 Å². The predicted molar refractivity (Wildman–Crippen MR) is 67.4 cm³/mol. The maximum absolute atomic E-state index is 10.6. The molecule has 0 saturated carbocycles. The molecular weight excluding hydrogens is 240 g/mol. The summed E-state index contributed by atoms with van der Waals surface area (Å²) in [5.41, 5.74) is 0.527. The zero-order chi connectivity index (χ0) is 11.4. The Kier molecular flexibility index (Phi) is 3.65. The lowest BCUT2D eigenvalue weighted by molar-refractivity contribution is 0.112. The molecule has 2 aromatic carbocycles. The number of carbonyl (C=O) groups is 1. The molecule has 3 heteroatoms. The van der Waals surface area contributed by atoms with E-state index in [1.54, 1.807) is 17.8 Å². The topological polar surface area (TPSA) is 17.1 Å². The van der Waals surface area contributed by atoms with E-state index in [0.29, 0.717) is 10.6 Å². The zero-order valence-electron chi connectivity index (χ0n) is 8.39. The first-order chi connectivity index (χ1) is 7.79. The van der Waals surface area contributed by atoms with Crippen molar-refractivity contribution in [2.75, 3.05) is 0 Å². The smallest absolute Gasteiger partial charge is 0.151 e. The SMILES string of the molecule is O=Cc1ccc(Sc2ccccc2)cc1Cl. The fourth-order valence-electron chi connectivity index (χ4n) is 1.29. The molecule has 0 saturated heterocycles. The third-order valence-corrected chi connectivity index (χ3v) is 3.40. The maximum atomic E-state index is 10.6. The Hall–Kier alpha value is -1.25. The summed E-state index contributed by atoms with van der Waals surface area (Å²) < 4.78 is 0. The van der Waals surface area contributed by atoms with Crippen molar-refractivity contribution >= 4 is 29.6 Å². The molecule has 1 nitrogen and oxygen atoms in total. The van der Waals surface area contributed by atoms with Gasteiger partial charge in [0.2, 0.25) is 0 Å². The van der Waals surface area contributed by atoms with Crippen LogP contribution >= 0.6 is 23.4 Å². The Morgan fingerprint density at radius 3 is 2.38 bits per heavy atom. The first-order valence-electron chi connectivity index (χ1n) is 4.77. The molecule has 0 aromatic heterocycles. The van der Waals surface area contributed by atoms with Gasteiger partial charge in [-0.05, 0) is 30.3 Å². The van der Waals surface area contributed by atoms with Crippen LogP contribution in [0.1, 0.15) is 10.4 Å². The molecule has 0 radical (unpaired) electrons. The number of hydrogen-bond donors (Lipinski definition) is 0. The van der Waals surface area contributed by atoms with E-state index in [0.717, 1.165) is 16.1 Å². The molecule has 0 amide bonds. The first-order valence-corrected chi connectivity index (χ1v) is 5.96. The van der Waals surface area contributed by atoms with Crippen LogP contribution in [-0.2, 0) is 0 Å². The molecule has 0 fully saturated rings. The molecule has 0 aliphatic carbocycles. The molecule has 2 rings (SSSR count). The molecule has 0 spiro atoms. The van der Waals surface area contributed by atoms with Crippen molar-refractivity contribution in [3.63, 3.8) is 0 Å². The van der Waals surface area contributed by atoms with Gasteiger partial charge in [-0.2, -0.15) is 0 Å². The molecule has 0 atom stereocenters. The molecule has 0 heterocycles. The Labute approximate surface area is 103 Å². The van der Waals surface area contributed by atoms with E-state index < -0.39 is 0 Å². The summed E-state index contributed by atoms with van der Waals surface area (Å²) in [4.78, 5) is 12.8. The van der Waals surface area contributed by atoms with Crippen LogP contribution in [0.5, 0.6) is 0 Å². The van der Waals surface area contributed by atoms with Crippen LogP contribution in [0, 0.1) is 0 Å². The highest BCUT2D eigenvalue weighted by atomic mass is 35.5. The molecule has 80 valence electrons. The third-order valence-electron chi connectivity index (χ3n) is 2.08. The summed E-state index contributed by atoms with van der Waals surface area (Å²) in [5, 5.41) is 0.496. The van der Waals surface area contributed by atoms with Crippen LogP contribution in [0.15, 0.2) is 58.3 Å². The van der Waals surface area contributed by atoms with Gasteiger partial charge < -0.3 is 0 Å². The Bertz CT molecular complexity index is 497. The second kappa shape index (κ2) is 5.19. The molecule has 16 heavy (non-hydrogen) atoms. The fraction of sp³-hybridized carbons (Fsp3) is 0. The second-order valence-corrected chi connectivity index (χ2v) is 4.77. The number of rotatable bonds is 3. The molecular formula is C13H9ClOS. The highest BCUT2D eigenvalue weighted by Gasteiger charge is 2.02. The zero-order valence-corrected chi connectivity index (χ0v) is 9.96. The molecule has 0 aliphatic rings. The van der Waals surface area contributed by atoms with Crippen molar-refractivity contribution in [1.82, 2.24) is 0 Å². The van der Waals surface area contributed by atoms with Crippen LogP contribution in [0.3, 0.4) is 0 Å². The minimum atomic E-state index is 0.496. The Balaban J connectivity index is 2.23. The highest BCUT2D eigenvalue weighted by Crippen LogP contribution is 2.30. The number of benzene rings is 2. The highest BCUT2D eigenvalue weighted by molar-refractivity contribution is 7.99. The average Bonchev–Trinajstić information content (AvgIpc) is 2.31. The van der Waals surface area contributed by atoms with E-state index in [4.69, 9.17) is 11.6 Å². The van der Waals surface area contributed by atoms with Crippen LogP contribution in [0.2, 0.25) is 5.02 Å². The molecule has 0 N–H and O–H groups in total. The van der Waals surface area contributed by atoms with Gasteiger partial charge in [0.25, 0.3) is 0 Å². The first kappa shape index (κ1) is 11.2. The largest absolute Gasteiger partial charge is 0.298 e. The number of hydrogen-bond acceptors (Lipinski definition) is 2. The molecule has 0 bridgehead atoms. The summed E-state index contributed by atoms with van der Waals surface area (Å²) in [6.07, 6.45) is 0.763. The third kappa shape index (κ3) is 2.65. The normalized spacial score (nSPS) is 10.1. The van der Waals surface area contributed by atoms with E-state index in [2.05, 4.69) is 0 Å². The van der Waals surface area contributed by atoms with Gasteiger partial charge in [-0.3, -0.25) is 4.79 Å². The lowest BCUT2D eigenvalue weighted by Crippen LogP contribution is -1.82. The van der Waals surface area contributed by atoms with Gasteiger partial charge >= 0.3 is 0 Å². The Morgan fingerprint density at radius 1 is 1.00 bits per heavy atom. The number of halogens is 1. The van der Waals surface area contributed by atoms with Gasteiger partial charge in [0.15, 0.2) is 6.29 Å². The van der Waals surface area contributed by atoms with E-state index in [1.165, 1.54) is 0 Å². The van der Waals surface area contributed by atoms with Gasteiger partial charge in [-0.1, -0.05) is 41.6 Å². The summed E-state index contributed by atoms with van der Waals surface area (Å²) in [5.74, 6) is 0. The van der Waals surface area contributed by atoms with Gasteiger partial charge in [-0.15, -0.1) is 0 Å². The van der Waals surface area contributed by atoms with Crippen LogP contribution in [0.4, 0.5) is 0 Å². The predicted octanol–water partition coefficient (Wildman–Crippen LogP) is 4.30. The minimum absolute atomic E-state index is 0.496. The van der Waals surface area contributed by atoms with Crippen LogP contribution < -0.4 is 0 Å². The molecule has 0 unspecified atom stereocenters. The monoisotopic (exact) mass is 248 g/mol. The number of carbonyl (C=O) groups excluding carboxylic acids is 1. The van der Waals surface area contributed by atoms with Crippen LogP contribution in [0.25, 0.3) is 0 Å². The summed E-state index contributed by atoms with van der Waals surface area (Å²) >= 11 is 7.57. The van der Waals surface area contributed by atoms with Crippen molar-refractivity contribution in [2.45, 2.75) is 9.79 Å². The van der Waals surface area contributed by atoms with E-state index >= 15 is 0 Å². The van der Waals surface area contributed by atoms with Gasteiger partial charge in [0.1, 0.15) is 0 Å². The standard InChI is InChI=1S/C13H9ClOS/c14-13-8-12(7-6-10(13)9-15)16-11-4-2-1-3-5-11/h1-9H. The second-order valence-electron chi connectivity index (χ2n) is 3.22. The average molecular weight is 249 g/mol. The van der Waals surface area contributed by atoms with Crippen LogP contribution in [-0.4, -0.2) is 6.29 Å². The fourth-order valence-corrected chi connectivity index (χ4v) is 2.46. The minimum Gasteiger partial charge on any atom is -0.298 e. The van der Waals surface area contributed by atoms with Crippen molar-refractivity contribution in [2.24, 2.45) is 0 Å². The summed E-state index contributed by atoms with van der Waals surface area (Å²) in [6.45, 7) is 0. The lowest BCUT2D eigenvalue weighted by Gasteiger charge is -2.03. The van der Waals surface area contributed by atoms with Gasteiger partial charge in [-0.25, -0.2) is 0 Å². The van der Waals surface area contributed by atoms with Crippen molar-refractivity contribution in [1.29, 1.82) is 0 Å². The van der Waals surface area contributed by atoms with E-state index in [-0.39, 0.29) is 0 Å². The summed E-state index contributed by atoms with van der Waals surface area (Å²) in [6, 6.07) is 15.5. The Morgan fingerprint density at radius 2 is 1.75 bits per heavy atom. The summed E-state index contributed by atoms with van der Waals surface area (Å²) in [7, 11) is 0. The molecule has 2 aromatic rings. The van der Waals surface area contributed by atoms with E-state index in [9.17, 15) is 4.79 Å². The lowest BCUT2D eigenvalue weighted by atomic mass is 10.2. The maximum Gasteiger partial charge on any atom is 0.151 e. The van der Waals surface area contributed by atoms with Crippen molar-refractivity contribution in [3.05, 3.63) is 59.1 Å². The van der Waals surface area contributed by atoms with Crippen molar-refractivity contribution < 1.29 is 4.79 Å². The van der Waals surface area contributed by atoms with E-state index in [1.807, 2.05) is 42.5 Å². The van der Waals surface area contributed by atoms with Gasteiger partial charge in [0.05, 0.1) is 5.02 Å². The number of aldehydes is 1. The van der Waals surface area contributed by atoms with Gasteiger partial charge in [0, 0.05) is 15.4 Å². The quantitative estimate of drug-likeness (QED) is 0.754.